The minimum atomic E-state index is -0.0996. The van der Waals surface area contributed by atoms with Gasteiger partial charge in [-0.3, -0.25) is 4.79 Å². The van der Waals surface area contributed by atoms with Gasteiger partial charge >= 0.3 is 0 Å². The third kappa shape index (κ3) is 5.54. The molecule has 158 valence electrons. The van der Waals surface area contributed by atoms with Crippen LogP contribution in [0.5, 0.6) is 11.5 Å². The Balaban J connectivity index is 1.62. The van der Waals surface area contributed by atoms with Crippen LogP contribution in [-0.4, -0.2) is 39.6 Å². The molecule has 3 rings (SSSR count). The molecule has 0 saturated heterocycles. The number of nitrogens with one attached hydrogen (secondary N) is 1. The number of carbonyl (C=O) groups is 1. The molecular formula is C22H26N4O3S. The van der Waals surface area contributed by atoms with Crippen molar-refractivity contribution in [2.45, 2.75) is 32.5 Å². The van der Waals surface area contributed by atoms with Gasteiger partial charge in [0.2, 0.25) is 5.91 Å². The Hall–Kier alpha value is -3.00. The van der Waals surface area contributed by atoms with Gasteiger partial charge in [0.25, 0.3) is 0 Å². The standard InChI is InChI=1S/C22H26N4O3S/c1-4-26-21(16-7-11-18(12-8-16)28-5-2)24-25-22(26)30-15-20(27)23-17-9-13-19(14-10-17)29-6-3/h7-14H,4-6,15H2,1-3H3,(H,23,27). The molecule has 2 aromatic carbocycles. The van der Waals surface area contributed by atoms with Crippen LogP contribution in [-0.2, 0) is 11.3 Å². The third-order valence-corrected chi connectivity index (χ3v) is 5.20. The first-order valence-electron chi connectivity index (χ1n) is 9.96. The maximum atomic E-state index is 12.3. The van der Waals surface area contributed by atoms with E-state index in [1.807, 2.05) is 73.9 Å². The van der Waals surface area contributed by atoms with E-state index in [0.29, 0.717) is 24.9 Å². The predicted octanol–water partition coefficient (Wildman–Crippen LogP) is 4.49. The molecule has 3 aromatic rings. The van der Waals surface area contributed by atoms with Crippen molar-refractivity contribution in [2.24, 2.45) is 0 Å². The smallest absolute Gasteiger partial charge is 0.234 e. The quantitative estimate of drug-likeness (QED) is 0.481. The minimum absolute atomic E-state index is 0.0996. The molecule has 0 aliphatic rings. The normalized spacial score (nSPS) is 10.6. The SMILES string of the molecule is CCOc1ccc(NC(=O)CSc2nnc(-c3ccc(OCC)cc3)n2CC)cc1. The van der Waals surface area contributed by atoms with E-state index in [9.17, 15) is 4.79 Å². The van der Waals surface area contributed by atoms with Crippen molar-refractivity contribution in [3.05, 3.63) is 48.5 Å². The summed E-state index contributed by atoms with van der Waals surface area (Å²) in [6, 6.07) is 15.1. The van der Waals surface area contributed by atoms with Crippen molar-refractivity contribution in [2.75, 3.05) is 24.3 Å². The molecule has 1 aromatic heterocycles. The first kappa shape index (κ1) is 21.7. The average molecular weight is 427 g/mol. The van der Waals surface area contributed by atoms with Crippen molar-refractivity contribution in [1.29, 1.82) is 0 Å². The number of thioether (sulfide) groups is 1. The summed E-state index contributed by atoms with van der Waals surface area (Å²) in [5.41, 5.74) is 1.69. The van der Waals surface area contributed by atoms with Gasteiger partial charge in [-0.1, -0.05) is 11.8 Å². The molecule has 7 nitrogen and oxygen atoms in total. The average Bonchev–Trinajstić information content (AvgIpc) is 3.17. The molecule has 1 heterocycles. The van der Waals surface area contributed by atoms with E-state index in [2.05, 4.69) is 15.5 Å². The summed E-state index contributed by atoms with van der Waals surface area (Å²) >= 11 is 1.36. The molecule has 0 fully saturated rings. The van der Waals surface area contributed by atoms with Crippen LogP contribution in [0.15, 0.2) is 53.7 Å². The molecule has 0 spiro atoms. The molecule has 0 atom stereocenters. The Labute approximate surface area is 180 Å². The van der Waals surface area contributed by atoms with Crippen molar-refractivity contribution in [3.8, 4) is 22.9 Å². The number of amides is 1. The van der Waals surface area contributed by atoms with Gasteiger partial charge in [-0.2, -0.15) is 0 Å². The monoisotopic (exact) mass is 426 g/mol. The summed E-state index contributed by atoms with van der Waals surface area (Å²) in [6.45, 7) is 7.87. The molecule has 0 aliphatic carbocycles. The molecule has 0 bridgehead atoms. The number of carbonyl (C=O) groups excluding carboxylic acids is 1. The fourth-order valence-electron chi connectivity index (χ4n) is 2.89. The van der Waals surface area contributed by atoms with Crippen molar-refractivity contribution >= 4 is 23.4 Å². The summed E-state index contributed by atoms with van der Waals surface area (Å²) in [5, 5.41) is 12.2. The Morgan fingerprint density at radius 2 is 1.53 bits per heavy atom. The lowest BCUT2D eigenvalue weighted by Gasteiger charge is -2.09. The van der Waals surface area contributed by atoms with Crippen LogP contribution in [0.3, 0.4) is 0 Å². The van der Waals surface area contributed by atoms with E-state index in [4.69, 9.17) is 9.47 Å². The Morgan fingerprint density at radius 1 is 0.933 bits per heavy atom. The van der Waals surface area contributed by atoms with E-state index in [0.717, 1.165) is 28.6 Å². The fourth-order valence-corrected chi connectivity index (χ4v) is 3.69. The third-order valence-electron chi connectivity index (χ3n) is 4.24. The lowest BCUT2D eigenvalue weighted by Crippen LogP contribution is -2.14. The van der Waals surface area contributed by atoms with Gasteiger partial charge in [-0.05, 0) is 69.3 Å². The second-order valence-electron chi connectivity index (χ2n) is 6.30. The highest BCUT2D eigenvalue weighted by atomic mass is 32.2. The second kappa shape index (κ2) is 10.7. The van der Waals surface area contributed by atoms with Crippen molar-refractivity contribution in [3.63, 3.8) is 0 Å². The number of benzene rings is 2. The van der Waals surface area contributed by atoms with Gasteiger partial charge in [0.15, 0.2) is 11.0 Å². The lowest BCUT2D eigenvalue weighted by atomic mass is 10.2. The Kier molecular flexibility index (Phi) is 7.73. The topological polar surface area (TPSA) is 78.3 Å². The van der Waals surface area contributed by atoms with Gasteiger partial charge in [0.05, 0.1) is 19.0 Å². The molecule has 0 aliphatic heterocycles. The number of nitrogens with zero attached hydrogens (tertiary/aromatic N) is 3. The zero-order valence-electron chi connectivity index (χ0n) is 17.4. The number of hydrogen-bond donors (Lipinski definition) is 1. The highest BCUT2D eigenvalue weighted by Gasteiger charge is 2.15. The molecule has 8 heteroatoms. The van der Waals surface area contributed by atoms with Crippen LogP contribution in [0.25, 0.3) is 11.4 Å². The summed E-state index contributed by atoms with van der Waals surface area (Å²) in [4.78, 5) is 12.3. The van der Waals surface area contributed by atoms with Crippen LogP contribution in [0.2, 0.25) is 0 Å². The molecule has 0 unspecified atom stereocenters. The summed E-state index contributed by atoms with van der Waals surface area (Å²) in [7, 11) is 0. The first-order chi connectivity index (χ1) is 14.6. The van der Waals surface area contributed by atoms with Gasteiger partial charge in [-0.25, -0.2) is 0 Å². The van der Waals surface area contributed by atoms with E-state index in [1.165, 1.54) is 11.8 Å². The zero-order valence-corrected chi connectivity index (χ0v) is 18.2. The number of rotatable bonds is 10. The molecular weight excluding hydrogens is 400 g/mol. The van der Waals surface area contributed by atoms with E-state index < -0.39 is 0 Å². The lowest BCUT2D eigenvalue weighted by molar-refractivity contribution is -0.113. The summed E-state index contributed by atoms with van der Waals surface area (Å²) in [5.74, 6) is 2.52. The van der Waals surface area contributed by atoms with Crippen LogP contribution >= 0.6 is 11.8 Å². The van der Waals surface area contributed by atoms with Gasteiger partial charge in [0.1, 0.15) is 11.5 Å². The van der Waals surface area contributed by atoms with Gasteiger partial charge < -0.3 is 19.4 Å². The molecule has 0 radical (unpaired) electrons. The Bertz CT molecular complexity index is 956. The number of aromatic nitrogens is 3. The zero-order chi connectivity index (χ0) is 21.3. The molecule has 0 saturated carbocycles. The Morgan fingerprint density at radius 3 is 2.10 bits per heavy atom. The number of anilines is 1. The molecule has 1 amide bonds. The van der Waals surface area contributed by atoms with Crippen LogP contribution in [0.1, 0.15) is 20.8 Å². The van der Waals surface area contributed by atoms with Crippen LogP contribution < -0.4 is 14.8 Å². The maximum absolute atomic E-state index is 12.3. The van der Waals surface area contributed by atoms with Crippen molar-refractivity contribution in [1.82, 2.24) is 14.8 Å². The highest BCUT2D eigenvalue weighted by molar-refractivity contribution is 7.99. The molecule has 1 N–H and O–H groups in total. The first-order valence-corrected chi connectivity index (χ1v) is 10.9. The predicted molar refractivity (Wildman–Crippen MR) is 119 cm³/mol. The fraction of sp³-hybridized carbons (Fsp3) is 0.318. The largest absolute Gasteiger partial charge is 0.494 e. The van der Waals surface area contributed by atoms with Crippen LogP contribution in [0.4, 0.5) is 5.69 Å². The molecule has 30 heavy (non-hydrogen) atoms. The van der Waals surface area contributed by atoms with Gasteiger partial charge in [0, 0.05) is 17.8 Å². The number of hydrogen-bond acceptors (Lipinski definition) is 6. The maximum Gasteiger partial charge on any atom is 0.234 e. The highest BCUT2D eigenvalue weighted by Crippen LogP contribution is 2.26. The minimum Gasteiger partial charge on any atom is -0.494 e. The second-order valence-corrected chi connectivity index (χ2v) is 7.24. The van der Waals surface area contributed by atoms with E-state index >= 15 is 0 Å². The van der Waals surface area contributed by atoms with Gasteiger partial charge in [-0.15, -0.1) is 10.2 Å². The summed E-state index contributed by atoms with van der Waals surface area (Å²) in [6.07, 6.45) is 0. The van der Waals surface area contributed by atoms with E-state index in [-0.39, 0.29) is 11.7 Å². The number of ether oxygens (including phenoxy) is 2. The summed E-state index contributed by atoms with van der Waals surface area (Å²) < 4.78 is 12.9. The van der Waals surface area contributed by atoms with E-state index in [1.54, 1.807) is 0 Å². The van der Waals surface area contributed by atoms with Crippen LogP contribution in [0, 0.1) is 0 Å². The van der Waals surface area contributed by atoms with Crippen molar-refractivity contribution < 1.29 is 14.3 Å².